The Hall–Kier alpha value is -2.76. The molecule has 0 heterocycles. The van der Waals surface area contributed by atoms with E-state index in [9.17, 15) is 0 Å². The van der Waals surface area contributed by atoms with Crippen molar-refractivity contribution >= 4 is 24.9 Å². The zero-order chi connectivity index (χ0) is 15.2. The zero-order valence-electron chi connectivity index (χ0n) is 12.2. The van der Waals surface area contributed by atoms with Crippen molar-refractivity contribution in [2.45, 2.75) is 0 Å². The van der Waals surface area contributed by atoms with E-state index >= 15 is 0 Å². The predicted octanol–water partition coefficient (Wildman–Crippen LogP) is 2.20. The maximum absolute atomic E-state index is 5.73. The van der Waals surface area contributed by atoms with Crippen LogP contribution in [0.5, 0.6) is 0 Å². The van der Waals surface area contributed by atoms with Crippen molar-refractivity contribution in [3.8, 4) is 11.5 Å². The number of nitrogen functional groups attached to an aromatic ring is 1. The molecular formula is C20H17NSi. The van der Waals surface area contributed by atoms with Gasteiger partial charge in [0.05, 0.1) is 0 Å². The van der Waals surface area contributed by atoms with Crippen LogP contribution in [0.1, 0.15) is 5.56 Å². The van der Waals surface area contributed by atoms with Gasteiger partial charge in [-0.25, -0.2) is 0 Å². The first-order valence-corrected chi connectivity index (χ1v) is 9.03. The summed E-state index contributed by atoms with van der Waals surface area (Å²) in [6, 6.07) is 28.9. The quantitative estimate of drug-likeness (QED) is 0.438. The third-order valence-electron chi connectivity index (χ3n) is 3.54. The molecule has 0 atom stereocenters. The van der Waals surface area contributed by atoms with Crippen molar-refractivity contribution in [2.75, 3.05) is 5.73 Å². The van der Waals surface area contributed by atoms with Crippen LogP contribution < -0.4 is 16.1 Å². The van der Waals surface area contributed by atoms with Gasteiger partial charge in [-0.3, -0.25) is 0 Å². The van der Waals surface area contributed by atoms with Crippen molar-refractivity contribution in [1.82, 2.24) is 0 Å². The van der Waals surface area contributed by atoms with Gasteiger partial charge in [0.1, 0.15) is 0 Å². The summed E-state index contributed by atoms with van der Waals surface area (Å²) < 4.78 is 0. The lowest BCUT2D eigenvalue weighted by Gasteiger charge is -2.09. The molecule has 0 aliphatic heterocycles. The van der Waals surface area contributed by atoms with E-state index in [1.165, 1.54) is 10.4 Å². The number of hydrogen-bond donors (Lipinski definition) is 1. The number of benzene rings is 3. The molecule has 3 rings (SSSR count). The van der Waals surface area contributed by atoms with Gasteiger partial charge in [-0.1, -0.05) is 66.6 Å². The Kier molecular flexibility index (Phi) is 4.38. The minimum Gasteiger partial charge on any atom is -0.399 e. The second kappa shape index (κ2) is 6.80. The largest absolute Gasteiger partial charge is 0.399 e. The molecule has 0 radical (unpaired) electrons. The number of hydrogen-bond acceptors (Lipinski definition) is 1. The lowest BCUT2D eigenvalue weighted by Crippen LogP contribution is -2.41. The molecular weight excluding hydrogens is 282 g/mol. The van der Waals surface area contributed by atoms with Crippen LogP contribution >= 0.6 is 0 Å². The van der Waals surface area contributed by atoms with Gasteiger partial charge in [0, 0.05) is 11.3 Å². The lowest BCUT2D eigenvalue weighted by atomic mass is 10.2. The topological polar surface area (TPSA) is 26.0 Å². The maximum atomic E-state index is 5.73. The van der Waals surface area contributed by atoms with Crippen LogP contribution in [0.2, 0.25) is 0 Å². The van der Waals surface area contributed by atoms with Crippen LogP contribution in [0, 0.1) is 11.5 Å². The SMILES string of the molecule is Nc1ccc(C#C[SiH](c2ccccc2)c2ccccc2)cc1. The molecule has 106 valence electrons. The Balaban J connectivity index is 1.98. The molecule has 2 N–H and O–H groups in total. The summed E-state index contributed by atoms with van der Waals surface area (Å²) in [7, 11) is -1.52. The third-order valence-corrected chi connectivity index (χ3v) is 6.07. The molecule has 0 aromatic heterocycles. The average Bonchev–Trinajstić information content (AvgIpc) is 2.59. The van der Waals surface area contributed by atoms with Gasteiger partial charge in [0.15, 0.2) is 8.80 Å². The van der Waals surface area contributed by atoms with Gasteiger partial charge in [-0.05, 0) is 34.6 Å². The highest BCUT2D eigenvalue weighted by Crippen LogP contribution is 2.03. The molecule has 0 fully saturated rings. The van der Waals surface area contributed by atoms with E-state index < -0.39 is 8.80 Å². The van der Waals surface area contributed by atoms with E-state index in [1.54, 1.807) is 0 Å². The van der Waals surface area contributed by atoms with Crippen molar-refractivity contribution in [2.24, 2.45) is 0 Å². The molecule has 0 saturated carbocycles. The molecule has 1 nitrogen and oxygen atoms in total. The zero-order valence-corrected chi connectivity index (χ0v) is 13.4. The predicted molar refractivity (Wildman–Crippen MR) is 97.0 cm³/mol. The van der Waals surface area contributed by atoms with Crippen molar-refractivity contribution in [3.63, 3.8) is 0 Å². The lowest BCUT2D eigenvalue weighted by molar-refractivity contribution is 1.64. The summed E-state index contributed by atoms with van der Waals surface area (Å²) in [6.45, 7) is 0. The molecule has 0 saturated heterocycles. The Bertz CT molecular complexity index is 744. The van der Waals surface area contributed by atoms with Crippen LogP contribution in [-0.4, -0.2) is 8.80 Å². The Morgan fingerprint density at radius 1 is 0.636 bits per heavy atom. The highest BCUT2D eigenvalue weighted by molar-refractivity contribution is 6.91. The highest BCUT2D eigenvalue weighted by atomic mass is 28.3. The van der Waals surface area contributed by atoms with Gasteiger partial charge in [0.25, 0.3) is 0 Å². The fraction of sp³-hybridized carbons (Fsp3) is 0. The molecule has 22 heavy (non-hydrogen) atoms. The minimum absolute atomic E-state index is 0.769. The standard InChI is InChI=1S/C20H17NSi/c21-18-13-11-17(12-14-18)15-16-22(19-7-3-1-4-8-19)20-9-5-2-6-10-20/h1-14,22H,21H2. The summed E-state index contributed by atoms with van der Waals surface area (Å²) in [5.41, 5.74) is 11.0. The van der Waals surface area contributed by atoms with E-state index in [2.05, 4.69) is 60.0 Å². The van der Waals surface area contributed by atoms with Gasteiger partial charge in [-0.15, -0.1) is 5.54 Å². The second-order valence-corrected chi connectivity index (χ2v) is 7.63. The van der Waals surface area contributed by atoms with Gasteiger partial charge >= 0.3 is 0 Å². The first kappa shape index (κ1) is 14.2. The second-order valence-electron chi connectivity index (χ2n) is 5.15. The van der Waals surface area contributed by atoms with E-state index in [-0.39, 0.29) is 0 Å². The molecule has 0 aliphatic rings. The molecule has 0 aliphatic carbocycles. The molecule has 0 spiro atoms. The summed E-state index contributed by atoms with van der Waals surface area (Å²) in [5, 5.41) is 2.69. The summed E-state index contributed by atoms with van der Waals surface area (Å²) in [5.74, 6) is 3.33. The van der Waals surface area contributed by atoms with Gasteiger partial charge in [-0.2, -0.15) is 0 Å². The molecule has 0 amide bonds. The van der Waals surface area contributed by atoms with Crippen LogP contribution in [-0.2, 0) is 0 Å². The van der Waals surface area contributed by atoms with Crippen molar-refractivity contribution < 1.29 is 0 Å². The fourth-order valence-electron chi connectivity index (χ4n) is 2.37. The first-order valence-electron chi connectivity index (χ1n) is 7.30. The van der Waals surface area contributed by atoms with Crippen molar-refractivity contribution in [3.05, 3.63) is 90.5 Å². The minimum atomic E-state index is -1.52. The Morgan fingerprint density at radius 2 is 1.14 bits per heavy atom. The van der Waals surface area contributed by atoms with E-state index in [1.807, 2.05) is 36.4 Å². The highest BCUT2D eigenvalue weighted by Gasteiger charge is 2.12. The van der Waals surface area contributed by atoms with Crippen molar-refractivity contribution in [1.29, 1.82) is 0 Å². The molecule has 0 bridgehead atoms. The monoisotopic (exact) mass is 299 g/mol. The third kappa shape index (κ3) is 3.46. The van der Waals surface area contributed by atoms with E-state index in [0.717, 1.165) is 11.3 Å². The Labute approximate surface area is 133 Å². The molecule has 3 aromatic rings. The van der Waals surface area contributed by atoms with E-state index in [4.69, 9.17) is 5.73 Å². The smallest absolute Gasteiger partial charge is 0.184 e. The first-order chi connectivity index (χ1) is 10.8. The van der Waals surface area contributed by atoms with Crippen LogP contribution in [0.15, 0.2) is 84.9 Å². The van der Waals surface area contributed by atoms with Crippen LogP contribution in [0.4, 0.5) is 5.69 Å². The fourth-order valence-corrected chi connectivity index (χ4v) is 4.62. The Morgan fingerprint density at radius 3 is 1.64 bits per heavy atom. The van der Waals surface area contributed by atoms with Crippen LogP contribution in [0.3, 0.4) is 0 Å². The summed E-state index contributed by atoms with van der Waals surface area (Å²) in [6.07, 6.45) is 0. The van der Waals surface area contributed by atoms with Gasteiger partial charge in [0.2, 0.25) is 0 Å². The molecule has 0 unspecified atom stereocenters. The maximum Gasteiger partial charge on any atom is 0.184 e. The number of anilines is 1. The number of nitrogens with two attached hydrogens (primary N) is 1. The normalized spacial score (nSPS) is 10.0. The van der Waals surface area contributed by atoms with Crippen LogP contribution in [0.25, 0.3) is 0 Å². The molecule has 3 aromatic carbocycles. The van der Waals surface area contributed by atoms with Gasteiger partial charge < -0.3 is 5.73 Å². The number of rotatable bonds is 2. The molecule has 2 heteroatoms. The van der Waals surface area contributed by atoms with E-state index in [0.29, 0.717) is 0 Å². The average molecular weight is 299 g/mol. The summed E-state index contributed by atoms with van der Waals surface area (Å²) >= 11 is 0. The summed E-state index contributed by atoms with van der Waals surface area (Å²) in [4.78, 5) is 0.